The van der Waals surface area contributed by atoms with Gasteiger partial charge in [-0.3, -0.25) is 0 Å². The van der Waals surface area contributed by atoms with Gasteiger partial charge in [-0.2, -0.15) is 5.26 Å². The van der Waals surface area contributed by atoms with Gasteiger partial charge in [0.2, 0.25) is 0 Å². The molecular weight excluding hydrogens is 273 g/mol. The first-order chi connectivity index (χ1) is 10.5. The Kier molecular flexibility index (Phi) is 3.68. The predicted octanol–water partition coefficient (Wildman–Crippen LogP) is 3.63. The van der Waals surface area contributed by atoms with Crippen LogP contribution in [0.4, 0.5) is 0 Å². The third-order valence-electron chi connectivity index (χ3n) is 4.30. The summed E-state index contributed by atoms with van der Waals surface area (Å²) in [7, 11) is 0. The van der Waals surface area contributed by atoms with Gasteiger partial charge in [-0.05, 0) is 66.7 Å². The second-order valence-corrected chi connectivity index (χ2v) is 5.92. The smallest absolute Gasteiger partial charge is 0.324 e. The highest BCUT2D eigenvalue weighted by Gasteiger charge is 2.24. The number of hydrogen-bond acceptors (Lipinski definition) is 3. The fourth-order valence-corrected chi connectivity index (χ4v) is 2.75. The molecule has 0 amide bonds. The molecule has 3 nitrogen and oxygen atoms in total. The zero-order valence-electron chi connectivity index (χ0n) is 13.4. The lowest BCUT2D eigenvalue weighted by molar-refractivity contribution is 0.333. The molecule has 2 aromatic carbocycles. The van der Waals surface area contributed by atoms with Gasteiger partial charge in [0.15, 0.2) is 0 Å². The van der Waals surface area contributed by atoms with Crippen LogP contribution in [0.1, 0.15) is 27.8 Å². The van der Waals surface area contributed by atoms with E-state index in [1.165, 1.54) is 5.46 Å². The summed E-state index contributed by atoms with van der Waals surface area (Å²) in [4.78, 5) is 0. The molecule has 110 valence electrons. The van der Waals surface area contributed by atoms with E-state index in [0.717, 1.165) is 28.0 Å². The Bertz CT molecular complexity index is 793. The molecule has 0 bridgehead atoms. The van der Waals surface area contributed by atoms with Gasteiger partial charge >= 0.3 is 6.92 Å². The molecule has 1 aliphatic heterocycles. The van der Waals surface area contributed by atoms with Crippen molar-refractivity contribution in [2.75, 3.05) is 0 Å². The molecule has 4 heteroatoms. The third kappa shape index (κ3) is 2.49. The van der Waals surface area contributed by atoms with Crippen LogP contribution in [-0.2, 0) is 11.3 Å². The Balaban J connectivity index is 2.01. The third-order valence-corrected chi connectivity index (χ3v) is 4.30. The van der Waals surface area contributed by atoms with E-state index in [2.05, 4.69) is 19.0 Å². The monoisotopic (exact) mass is 291 g/mol. The second-order valence-electron chi connectivity index (χ2n) is 5.92. The molecule has 0 spiro atoms. The first-order valence-electron chi connectivity index (χ1n) is 7.44. The number of aryl methyl sites for hydroxylation is 3. The summed E-state index contributed by atoms with van der Waals surface area (Å²) in [5, 5.41) is 9.32. The van der Waals surface area contributed by atoms with Crippen LogP contribution in [0.25, 0.3) is 0 Å². The van der Waals surface area contributed by atoms with Crippen molar-refractivity contribution in [3.63, 3.8) is 0 Å². The molecule has 0 saturated carbocycles. The molecule has 0 N–H and O–H groups in total. The zero-order valence-corrected chi connectivity index (χ0v) is 13.4. The van der Waals surface area contributed by atoms with Crippen molar-refractivity contribution < 1.29 is 9.39 Å². The average Bonchev–Trinajstić information content (AvgIpc) is 2.84. The molecule has 0 radical (unpaired) electrons. The fraction of sp³-hybridized carbons (Fsp3) is 0.278. The van der Waals surface area contributed by atoms with Gasteiger partial charge in [-0.25, -0.2) is 0 Å². The number of rotatable bonds is 2. The van der Waals surface area contributed by atoms with Gasteiger partial charge < -0.3 is 9.39 Å². The van der Waals surface area contributed by atoms with Crippen molar-refractivity contribution in [2.24, 2.45) is 0 Å². The number of ether oxygens (including phenoxy) is 1. The van der Waals surface area contributed by atoms with Crippen LogP contribution >= 0.6 is 0 Å². The number of nitriles is 1. The Morgan fingerprint density at radius 1 is 1.05 bits per heavy atom. The van der Waals surface area contributed by atoms with E-state index in [1.54, 1.807) is 0 Å². The van der Waals surface area contributed by atoms with Crippen molar-refractivity contribution in [2.45, 2.75) is 34.2 Å². The molecule has 0 fully saturated rings. The lowest BCUT2D eigenvalue weighted by Gasteiger charge is -2.13. The maximum atomic E-state index is 9.32. The summed E-state index contributed by atoms with van der Waals surface area (Å²) in [6.07, 6.45) is 0. The molecule has 0 aliphatic carbocycles. The molecule has 22 heavy (non-hydrogen) atoms. The lowest BCUT2D eigenvalue weighted by Crippen LogP contribution is -2.24. The van der Waals surface area contributed by atoms with Gasteiger partial charge in [0.1, 0.15) is 17.6 Å². The molecular formula is C18H18BNO2. The molecule has 1 heterocycles. The minimum Gasteiger partial charge on any atom is -0.456 e. The van der Waals surface area contributed by atoms with E-state index in [9.17, 15) is 5.26 Å². The molecule has 0 unspecified atom stereocenters. The quantitative estimate of drug-likeness (QED) is 0.793. The molecule has 1 aliphatic rings. The largest absolute Gasteiger partial charge is 0.456 e. The zero-order chi connectivity index (χ0) is 15.9. The van der Waals surface area contributed by atoms with Crippen LogP contribution in [0.2, 0.25) is 6.82 Å². The van der Waals surface area contributed by atoms with E-state index in [4.69, 9.17) is 9.39 Å². The van der Waals surface area contributed by atoms with Gasteiger partial charge in [0.25, 0.3) is 0 Å². The van der Waals surface area contributed by atoms with E-state index < -0.39 is 0 Å². The summed E-state index contributed by atoms with van der Waals surface area (Å²) in [6.45, 7) is 8.86. The first-order valence-corrected chi connectivity index (χ1v) is 7.44. The Morgan fingerprint density at radius 2 is 1.77 bits per heavy atom. The van der Waals surface area contributed by atoms with E-state index >= 15 is 0 Å². The molecule has 0 aromatic heterocycles. The molecule has 3 rings (SSSR count). The number of nitrogens with zero attached hydrogens (tertiary/aromatic N) is 1. The molecule has 0 atom stereocenters. The average molecular weight is 291 g/mol. The van der Waals surface area contributed by atoms with E-state index in [-0.39, 0.29) is 6.92 Å². The summed E-state index contributed by atoms with van der Waals surface area (Å²) in [5.74, 6) is 1.40. The van der Waals surface area contributed by atoms with Crippen molar-refractivity contribution in [3.8, 4) is 17.6 Å². The summed E-state index contributed by atoms with van der Waals surface area (Å²) in [5.41, 5.74) is 6.22. The van der Waals surface area contributed by atoms with Crippen molar-refractivity contribution >= 4 is 12.4 Å². The van der Waals surface area contributed by atoms with Gasteiger partial charge in [0.05, 0.1) is 12.2 Å². The first kappa shape index (κ1) is 14.7. The summed E-state index contributed by atoms with van der Waals surface area (Å²) >= 11 is 0. The van der Waals surface area contributed by atoms with Crippen molar-refractivity contribution in [1.29, 1.82) is 5.26 Å². The highest BCUT2D eigenvalue weighted by Crippen LogP contribution is 2.31. The minimum absolute atomic E-state index is 0.138. The Labute approximate surface area is 131 Å². The highest BCUT2D eigenvalue weighted by molar-refractivity contribution is 6.67. The van der Waals surface area contributed by atoms with E-state index in [0.29, 0.717) is 17.9 Å². The number of hydrogen-bond donors (Lipinski definition) is 0. The van der Waals surface area contributed by atoms with Gasteiger partial charge in [-0.15, -0.1) is 0 Å². The number of fused-ring (bicyclic) bond motifs is 1. The van der Waals surface area contributed by atoms with Crippen LogP contribution in [-0.4, -0.2) is 6.92 Å². The van der Waals surface area contributed by atoms with Crippen molar-refractivity contribution in [3.05, 3.63) is 52.1 Å². The Morgan fingerprint density at radius 3 is 2.50 bits per heavy atom. The fourth-order valence-electron chi connectivity index (χ4n) is 2.75. The normalized spacial score (nSPS) is 13.0. The molecule has 0 saturated heterocycles. The molecule has 2 aromatic rings. The summed E-state index contributed by atoms with van der Waals surface area (Å²) < 4.78 is 11.7. The van der Waals surface area contributed by atoms with Crippen molar-refractivity contribution in [1.82, 2.24) is 0 Å². The topological polar surface area (TPSA) is 42.2 Å². The van der Waals surface area contributed by atoms with Crippen LogP contribution in [0.15, 0.2) is 24.3 Å². The van der Waals surface area contributed by atoms with Crippen LogP contribution in [0, 0.1) is 32.1 Å². The van der Waals surface area contributed by atoms with Crippen LogP contribution in [0.5, 0.6) is 11.5 Å². The standard InChI is InChI=1S/C18H18BNO2/c1-11-5-14(9-20)18(7-12(11)2)22-17-8-15-10-21-19(4)16(15)6-13(17)3/h5-8H,10H2,1-4H3. The maximum absolute atomic E-state index is 9.32. The van der Waals surface area contributed by atoms with Gasteiger partial charge in [0, 0.05) is 0 Å². The predicted molar refractivity (Wildman–Crippen MR) is 87.9 cm³/mol. The number of benzene rings is 2. The van der Waals surface area contributed by atoms with Gasteiger partial charge in [-0.1, -0.05) is 12.9 Å². The SMILES string of the molecule is CB1OCc2cc(Oc3cc(C)c(C)cc3C#N)c(C)cc21. The summed E-state index contributed by atoms with van der Waals surface area (Å²) in [6, 6.07) is 10.2. The van der Waals surface area contributed by atoms with Crippen LogP contribution < -0.4 is 10.2 Å². The maximum Gasteiger partial charge on any atom is 0.324 e. The van der Waals surface area contributed by atoms with E-state index in [1.807, 2.05) is 39.0 Å². The highest BCUT2D eigenvalue weighted by atomic mass is 16.5. The Hall–Kier alpha value is -2.25. The lowest BCUT2D eigenvalue weighted by atomic mass is 9.64. The minimum atomic E-state index is 0.138. The van der Waals surface area contributed by atoms with Crippen LogP contribution in [0.3, 0.4) is 0 Å². The second kappa shape index (κ2) is 5.51.